The molecule has 0 atom stereocenters. The van der Waals surface area contributed by atoms with E-state index in [-0.39, 0.29) is 5.97 Å². The highest BCUT2D eigenvalue weighted by atomic mass is 32.3. The van der Waals surface area contributed by atoms with E-state index >= 15 is 0 Å². The molecule has 0 radical (unpaired) electrons. The quantitative estimate of drug-likeness (QED) is 0.114. The highest BCUT2D eigenvalue weighted by Crippen LogP contribution is 2.36. The minimum Gasteiger partial charge on any atom is -0.462 e. The second-order valence-electron chi connectivity index (χ2n) is 7.49. The van der Waals surface area contributed by atoms with Crippen molar-refractivity contribution in [3.63, 3.8) is 0 Å². The number of unbranched alkanes of at least 4 members (excludes halogenated alkanes) is 4. The van der Waals surface area contributed by atoms with Gasteiger partial charge in [-0.05, 0) is 39.0 Å². The first-order chi connectivity index (χ1) is 16.3. The monoisotopic (exact) mass is 573 g/mol. The molecule has 1 rings (SSSR count). The summed E-state index contributed by atoms with van der Waals surface area (Å²) in [5, 5.41) is 0. The number of carbonyl (C=O) groups excluding carboxylic acids is 1. The summed E-state index contributed by atoms with van der Waals surface area (Å²) in [6.07, 6.45) is 13.3. The number of halogens is 6. The number of nitrogens with zero attached hydrogens (tertiary/aromatic N) is 3. The van der Waals surface area contributed by atoms with Gasteiger partial charge in [0.15, 0.2) is 20.0 Å². The van der Waals surface area contributed by atoms with Gasteiger partial charge in [0.2, 0.25) is 6.33 Å². The fourth-order valence-corrected chi connectivity index (χ4v) is 4.01. The lowest BCUT2D eigenvalue weighted by atomic mass is 10.2. The zero-order valence-corrected chi connectivity index (χ0v) is 21.3. The molecule has 36 heavy (non-hydrogen) atoms. The van der Waals surface area contributed by atoms with Crippen molar-refractivity contribution in [2.24, 2.45) is 0 Å². The zero-order valence-electron chi connectivity index (χ0n) is 19.7. The molecule has 210 valence electrons. The predicted molar refractivity (Wildman–Crippen MR) is 117 cm³/mol. The molecule has 1 heterocycles. The molecule has 0 unspecified atom stereocenters. The van der Waals surface area contributed by atoms with E-state index in [9.17, 15) is 48.0 Å². The van der Waals surface area contributed by atoms with Crippen LogP contribution in [0.15, 0.2) is 30.9 Å². The topological polar surface area (TPSA) is 117 Å². The first-order valence-corrected chi connectivity index (χ1v) is 13.5. The van der Waals surface area contributed by atoms with E-state index in [0.717, 1.165) is 42.9 Å². The molecule has 0 bridgehead atoms. The van der Waals surface area contributed by atoms with Gasteiger partial charge in [0.1, 0.15) is 12.4 Å². The van der Waals surface area contributed by atoms with Crippen molar-refractivity contribution >= 4 is 26.0 Å². The van der Waals surface area contributed by atoms with Crippen LogP contribution in [-0.4, -0.2) is 45.0 Å². The number of aryl methyl sites for hydroxylation is 2. The highest BCUT2D eigenvalue weighted by molar-refractivity contribution is 8.13. The molecule has 0 saturated carbocycles. The standard InChI is InChI=1S/C17H29N2O2.C2F6NO4S2/c1-4-5-10-18-12-13-19(15-18)11-8-6-7-9-14-21-17(20)16(2)3;3-1(4,5)14(10,11)9-15(12,13)2(6,7)8/h12-13,15H,2,4-11,14H2,1,3H3;/q+1;-1. The molecular formula is C19H29F6N3O6S2. The molecule has 0 aliphatic heterocycles. The lowest BCUT2D eigenvalue weighted by Crippen LogP contribution is -2.30. The first-order valence-electron chi connectivity index (χ1n) is 10.6. The maximum absolute atomic E-state index is 11.4. The third kappa shape index (κ3) is 12.7. The number of imidazole rings is 1. The van der Waals surface area contributed by atoms with E-state index < -0.39 is 31.1 Å². The smallest absolute Gasteiger partial charge is 0.462 e. The van der Waals surface area contributed by atoms with E-state index in [1.165, 1.54) is 12.8 Å². The number of sulfonamides is 2. The number of carbonyl (C=O) groups is 1. The van der Waals surface area contributed by atoms with Crippen LogP contribution in [0.5, 0.6) is 0 Å². The number of hydrogen-bond donors (Lipinski definition) is 0. The first kappa shape index (κ1) is 33.9. The van der Waals surface area contributed by atoms with Crippen LogP contribution in [-0.2, 0) is 42.7 Å². The van der Waals surface area contributed by atoms with Gasteiger partial charge in [-0.25, -0.2) is 30.8 Å². The average Bonchev–Trinajstić information content (AvgIpc) is 3.17. The number of rotatable bonds is 13. The maximum atomic E-state index is 11.4. The van der Waals surface area contributed by atoms with Gasteiger partial charge in [-0.15, -0.1) is 0 Å². The third-order valence-corrected chi connectivity index (χ3v) is 6.93. The van der Waals surface area contributed by atoms with Gasteiger partial charge in [-0.1, -0.05) is 19.9 Å². The summed E-state index contributed by atoms with van der Waals surface area (Å²) in [4.78, 5) is 11.2. The van der Waals surface area contributed by atoms with Crippen molar-refractivity contribution in [2.75, 3.05) is 6.61 Å². The predicted octanol–water partition coefficient (Wildman–Crippen LogP) is 4.31. The number of aromatic nitrogens is 2. The molecule has 1 aromatic heterocycles. The molecule has 0 N–H and O–H groups in total. The summed E-state index contributed by atoms with van der Waals surface area (Å²) in [5.41, 5.74) is -11.9. The normalized spacial score (nSPS) is 12.6. The number of ether oxygens (including phenoxy) is 1. The van der Waals surface area contributed by atoms with Crippen molar-refractivity contribution in [1.29, 1.82) is 0 Å². The van der Waals surface area contributed by atoms with Crippen LogP contribution in [0.2, 0.25) is 0 Å². The molecule has 0 spiro atoms. The van der Waals surface area contributed by atoms with E-state index in [0.29, 0.717) is 12.2 Å². The Morgan fingerprint density at radius 1 is 0.972 bits per heavy atom. The maximum Gasteiger partial charge on any atom is 0.480 e. The summed E-state index contributed by atoms with van der Waals surface area (Å²) in [6, 6.07) is 0. The SMILES string of the molecule is C=C(C)C(=O)OCCCCCC[n+]1ccn(CCCC)c1.O=S(=O)([N-]S(=O)(=O)C(F)(F)F)C(F)(F)F. The van der Waals surface area contributed by atoms with Crippen LogP contribution < -0.4 is 4.57 Å². The Balaban J connectivity index is 0.000000723. The summed E-state index contributed by atoms with van der Waals surface area (Å²) in [5.74, 6) is -0.279. The molecule has 1 aromatic rings. The third-order valence-electron chi connectivity index (χ3n) is 4.19. The second kappa shape index (κ2) is 14.6. The molecule has 0 aliphatic rings. The minimum atomic E-state index is -6.72. The van der Waals surface area contributed by atoms with Crippen molar-refractivity contribution in [3.8, 4) is 0 Å². The average molecular weight is 574 g/mol. The largest absolute Gasteiger partial charge is 0.480 e. The summed E-state index contributed by atoms with van der Waals surface area (Å²) >= 11 is 0. The van der Waals surface area contributed by atoms with Gasteiger partial charge in [-0.3, -0.25) is 0 Å². The van der Waals surface area contributed by atoms with Crippen LogP contribution >= 0.6 is 0 Å². The summed E-state index contributed by atoms with van der Waals surface area (Å²) < 4.78 is 119. The van der Waals surface area contributed by atoms with Crippen molar-refractivity contribution < 1.29 is 57.3 Å². The van der Waals surface area contributed by atoms with E-state index in [1.54, 1.807) is 6.92 Å². The zero-order chi connectivity index (χ0) is 28.2. The van der Waals surface area contributed by atoms with Crippen molar-refractivity contribution in [2.45, 2.75) is 76.5 Å². The lowest BCUT2D eigenvalue weighted by Gasteiger charge is -2.22. The molecule has 17 heteroatoms. The van der Waals surface area contributed by atoms with Crippen molar-refractivity contribution in [3.05, 3.63) is 35.0 Å². The molecule has 9 nitrogen and oxygen atoms in total. The molecule has 0 amide bonds. The van der Waals surface area contributed by atoms with Gasteiger partial charge >= 0.3 is 17.0 Å². The van der Waals surface area contributed by atoms with Gasteiger partial charge in [-0.2, -0.15) is 26.3 Å². The van der Waals surface area contributed by atoms with Crippen LogP contribution in [0.25, 0.3) is 4.13 Å². The van der Waals surface area contributed by atoms with Gasteiger partial charge in [0.25, 0.3) is 0 Å². The van der Waals surface area contributed by atoms with Crippen LogP contribution in [0.3, 0.4) is 0 Å². The minimum absolute atomic E-state index is 0.279. The lowest BCUT2D eigenvalue weighted by molar-refractivity contribution is -0.696. The Morgan fingerprint density at radius 3 is 1.97 bits per heavy atom. The van der Waals surface area contributed by atoms with Crippen LogP contribution in [0, 0.1) is 0 Å². The Morgan fingerprint density at radius 2 is 1.50 bits per heavy atom. The second-order valence-corrected chi connectivity index (χ2v) is 10.9. The van der Waals surface area contributed by atoms with Gasteiger partial charge in [0, 0.05) is 5.57 Å². The Kier molecular flexibility index (Phi) is 13.7. The van der Waals surface area contributed by atoms with Crippen molar-refractivity contribution in [1.82, 2.24) is 4.57 Å². The van der Waals surface area contributed by atoms with E-state index in [4.69, 9.17) is 4.74 Å². The summed E-state index contributed by atoms with van der Waals surface area (Å²) in [7, 11) is -13.4. The van der Waals surface area contributed by atoms with Gasteiger partial charge < -0.3 is 8.86 Å². The molecule has 0 aliphatic carbocycles. The molecule has 0 saturated heterocycles. The van der Waals surface area contributed by atoms with Gasteiger partial charge in [0.05, 0.1) is 19.7 Å². The summed E-state index contributed by atoms with van der Waals surface area (Å²) in [6.45, 7) is 10.1. The van der Waals surface area contributed by atoms with Crippen LogP contribution in [0.4, 0.5) is 26.3 Å². The van der Waals surface area contributed by atoms with E-state index in [1.807, 2.05) is 0 Å². The highest BCUT2D eigenvalue weighted by Gasteiger charge is 2.46. The Labute approximate surface area is 206 Å². The number of esters is 1. The molecule has 0 fully saturated rings. The number of alkyl halides is 6. The van der Waals surface area contributed by atoms with Crippen LogP contribution in [0.1, 0.15) is 52.4 Å². The fourth-order valence-electron chi connectivity index (χ4n) is 2.30. The van der Waals surface area contributed by atoms with E-state index in [2.05, 4.69) is 41.4 Å². The fraction of sp³-hybridized carbons (Fsp3) is 0.684. The molecular weight excluding hydrogens is 544 g/mol. The molecule has 0 aromatic carbocycles. The number of hydrogen-bond acceptors (Lipinski definition) is 6. The Hall–Kier alpha value is -2.14. The Bertz CT molecular complexity index is 1010.